The zero-order chi connectivity index (χ0) is 25.3. The van der Waals surface area contributed by atoms with E-state index in [1.165, 1.54) is 10.9 Å². The number of hydrogen-bond acceptors (Lipinski definition) is 3. The first-order valence-electron chi connectivity index (χ1n) is 11.6. The van der Waals surface area contributed by atoms with Gasteiger partial charge < -0.3 is 10.1 Å². The maximum Gasteiger partial charge on any atom is 0.261 e. The first kappa shape index (κ1) is 25.7. The summed E-state index contributed by atoms with van der Waals surface area (Å²) in [7, 11) is 0. The summed E-state index contributed by atoms with van der Waals surface area (Å²) in [5.74, 6) is 0.276. The number of nitrogens with one attached hydrogen (secondary N) is 1. The number of benzene rings is 4. The third-order valence-corrected chi connectivity index (χ3v) is 6.90. The van der Waals surface area contributed by atoms with E-state index < -0.39 is 0 Å². The molecule has 180 valence electrons. The lowest BCUT2D eigenvalue weighted by Crippen LogP contribution is -2.25. The van der Waals surface area contributed by atoms with Gasteiger partial charge in [0.2, 0.25) is 0 Å². The van der Waals surface area contributed by atoms with E-state index in [4.69, 9.17) is 4.74 Å². The average Bonchev–Trinajstić information content (AvgIpc) is 2.90. The third-order valence-electron chi connectivity index (χ3n) is 5.72. The quantitative estimate of drug-likeness (QED) is 0.122. The molecule has 0 atom stereocenters. The highest BCUT2D eigenvalue weighted by Crippen LogP contribution is 2.36. The molecule has 6 heteroatoms. The van der Waals surface area contributed by atoms with Gasteiger partial charge in [-0.05, 0) is 90.4 Å². The Kier molecular flexibility index (Phi) is 8.94. The van der Waals surface area contributed by atoms with Gasteiger partial charge in [-0.25, -0.2) is 0 Å². The Hall–Kier alpha value is -3.40. The number of rotatable bonds is 9. The minimum atomic E-state index is -0.380. The molecule has 36 heavy (non-hydrogen) atoms. The number of carbonyl (C=O) groups is 1. The van der Waals surface area contributed by atoms with Crippen molar-refractivity contribution in [1.29, 1.82) is 5.26 Å². The molecule has 0 bridgehead atoms. The van der Waals surface area contributed by atoms with E-state index in [1.807, 2.05) is 54.6 Å². The van der Waals surface area contributed by atoms with E-state index >= 15 is 0 Å². The van der Waals surface area contributed by atoms with Gasteiger partial charge in [0, 0.05) is 6.54 Å². The van der Waals surface area contributed by atoms with Crippen molar-refractivity contribution >= 4 is 54.6 Å². The van der Waals surface area contributed by atoms with Crippen molar-refractivity contribution in [1.82, 2.24) is 5.32 Å². The summed E-state index contributed by atoms with van der Waals surface area (Å²) in [6, 6.07) is 30.2. The molecular formula is C30H24Br2N2O2. The lowest BCUT2D eigenvalue weighted by molar-refractivity contribution is -0.117. The molecule has 0 fully saturated rings. The molecule has 0 aliphatic carbocycles. The third kappa shape index (κ3) is 6.63. The van der Waals surface area contributed by atoms with Gasteiger partial charge in [0.15, 0.2) is 0 Å². The van der Waals surface area contributed by atoms with Crippen molar-refractivity contribution in [3.05, 3.63) is 116 Å². The van der Waals surface area contributed by atoms with Gasteiger partial charge in [0.05, 0.1) is 8.95 Å². The molecule has 0 spiro atoms. The van der Waals surface area contributed by atoms with Crippen LogP contribution in [0.25, 0.3) is 16.8 Å². The second kappa shape index (κ2) is 12.5. The van der Waals surface area contributed by atoms with Crippen molar-refractivity contribution in [3.63, 3.8) is 0 Å². The number of nitrogens with zero attached hydrogens (tertiary/aromatic N) is 1. The van der Waals surface area contributed by atoms with Gasteiger partial charge in [-0.2, -0.15) is 5.26 Å². The highest BCUT2D eigenvalue weighted by atomic mass is 79.9. The van der Waals surface area contributed by atoms with Gasteiger partial charge in [-0.1, -0.05) is 72.8 Å². The topological polar surface area (TPSA) is 62.1 Å². The summed E-state index contributed by atoms with van der Waals surface area (Å²) in [6.07, 6.45) is 3.25. The summed E-state index contributed by atoms with van der Waals surface area (Å²) in [5.41, 5.74) is 3.08. The Labute approximate surface area is 227 Å². The monoisotopic (exact) mass is 602 g/mol. The number of nitriles is 1. The lowest BCUT2D eigenvalue weighted by atomic mass is 10.1. The second-order valence-electron chi connectivity index (χ2n) is 8.26. The smallest absolute Gasteiger partial charge is 0.261 e. The van der Waals surface area contributed by atoms with Gasteiger partial charge >= 0.3 is 0 Å². The fraction of sp³-hybridized carbons (Fsp3) is 0.133. The molecule has 4 rings (SSSR count). The first-order valence-corrected chi connectivity index (χ1v) is 13.2. The van der Waals surface area contributed by atoms with Crippen LogP contribution in [0.3, 0.4) is 0 Å². The van der Waals surface area contributed by atoms with Crippen LogP contribution in [0.5, 0.6) is 5.75 Å². The molecule has 4 aromatic rings. The molecule has 0 aliphatic rings. The first-order chi connectivity index (χ1) is 17.5. The lowest BCUT2D eigenvalue weighted by Gasteiger charge is -2.13. The van der Waals surface area contributed by atoms with Crippen LogP contribution in [0.2, 0.25) is 0 Å². The number of amides is 1. The Morgan fingerprint density at radius 3 is 2.39 bits per heavy atom. The molecule has 0 heterocycles. The van der Waals surface area contributed by atoms with Crippen LogP contribution in [-0.2, 0) is 17.8 Å². The number of carbonyl (C=O) groups excluding carboxylic acids is 1. The van der Waals surface area contributed by atoms with E-state index in [2.05, 4.69) is 73.6 Å². The molecule has 0 saturated heterocycles. The predicted octanol–water partition coefficient (Wildman–Crippen LogP) is 7.60. The van der Waals surface area contributed by atoms with Crippen LogP contribution in [-0.4, -0.2) is 12.5 Å². The zero-order valence-corrected chi connectivity index (χ0v) is 22.7. The van der Waals surface area contributed by atoms with Crippen LogP contribution in [0.4, 0.5) is 0 Å². The molecule has 0 aromatic heterocycles. The van der Waals surface area contributed by atoms with Crippen molar-refractivity contribution in [2.75, 3.05) is 6.54 Å². The van der Waals surface area contributed by atoms with Crippen LogP contribution >= 0.6 is 31.9 Å². The number of aryl methyl sites for hydroxylation is 1. The van der Waals surface area contributed by atoms with Crippen LogP contribution in [0.15, 0.2) is 99.4 Å². The van der Waals surface area contributed by atoms with Gasteiger partial charge in [0.25, 0.3) is 5.91 Å². The summed E-state index contributed by atoms with van der Waals surface area (Å²) in [5, 5.41) is 14.7. The van der Waals surface area contributed by atoms with Gasteiger partial charge in [-0.3, -0.25) is 4.79 Å². The molecule has 1 N–H and O–H groups in total. The maximum absolute atomic E-state index is 12.5. The molecule has 0 radical (unpaired) electrons. The van der Waals surface area contributed by atoms with Crippen LogP contribution in [0, 0.1) is 11.3 Å². The largest absolute Gasteiger partial charge is 0.487 e. The number of halogens is 2. The van der Waals surface area contributed by atoms with Crippen molar-refractivity contribution in [3.8, 4) is 11.8 Å². The SMILES string of the molecule is N#C/C(=C/c1cc(Br)c(OCc2cccc3ccccc23)c(Br)c1)C(=O)NCCCc1ccccc1. The summed E-state index contributed by atoms with van der Waals surface area (Å²) in [4.78, 5) is 12.5. The summed E-state index contributed by atoms with van der Waals surface area (Å²) < 4.78 is 7.59. The van der Waals surface area contributed by atoms with Crippen molar-refractivity contribution in [2.24, 2.45) is 0 Å². The maximum atomic E-state index is 12.5. The fourth-order valence-electron chi connectivity index (χ4n) is 3.92. The van der Waals surface area contributed by atoms with Gasteiger partial charge in [-0.15, -0.1) is 0 Å². The standard InChI is InChI=1S/C30H24Br2N2O2/c31-27-17-22(16-25(19-33)30(35)34-15-7-10-21-8-2-1-3-9-21)18-28(32)29(27)36-20-24-13-6-12-23-11-4-5-14-26(23)24/h1-6,8-9,11-14,16-18H,7,10,15,20H2,(H,34,35)/b25-16-. The Morgan fingerprint density at radius 1 is 0.944 bits per heavy atom. The molecular weight excluding hydrogens is 580 g/mol. The van der Waals surface area contributed by atoms with E-state index in [-0.39, 0.29) is 11.5 Å². The minimum Gasteiger partial charge on any atom is -0.487 e. The zero-order valence-electron chi connectivity index (χ0n) is 19.5. The van der Waals surface area contributed by atoms with Crippen LogP contribution in [0.1, 0.15) is 23.1 Å². The fourth-order valence-corrected chi connectivity index (χ4v) is 5.37. The van der Waals surface area contributed by atoms with Crippen molar-refractivity contribution < 1.29 is 9.53 Å². The molecule has 4 aromatic carbocycles. The minimum absolute atomic E-state index is 0.0536. The van der Waals surface area contributed by atoms with Gasteiger partial charge in [0.1, 0.15) is 24.0 Å². The normalized spacial score (nSPS) is 11.2. The molecule has 4 nitrogen and oxygen atoms in total. The molecule has 0 saturated carbocycles. The number of fused-ring (bicyclic) bond motifs is 1. The highest BCUT2D eigenvalue weighted by molar-refractivity contribution is 9.11. The van der Waals surface area contributed by atoms with Crippen molar-refractivity contribution in [2.45, 2.75) is 19.4 Å². The average molecular weight is 604 g/mol. The highest BCUT2D eigenvalue weighted by Gasteiger charge is 2.13. The van der Waals surface area contributed by atoms with E-state index in [0.717, 1.165) is 32.7 Å². The van der Waals surface area contributed by atoms with E-state index in [0.29, 0.717) is 24.5 Å². The number of hydrogen-bond donors (Lipinski definition) is 1. The second-order valence-corrected chi connectivity index (χ2v) is 9.96. The molecule has 0 aliphatic heterocycles. The predicted molar refractivity (Wildman–Crippen MR) is 151 cm³/mol. The van der Waals surface area contributed by atoms with E-state index in [1.54, 1.807) is 6.08 Å². The Balaban J connectivity index is 1.40. The number of ether oxygens (including phenoxy) is 1. The Morgan fingerprint density at radius 2 is 1.64 bits per heavy atom. The molecule has 1 amide bonds. The molecule has 0 unspecified atom stereocenters. The summed E-state index contributed by atoms with van der Waals surface area (Å²) in [6.45, 7) is 0.906. The summed E-state index contributed by atoms with van der Waals surface area (Å²) >= 11 is 7.15. The Bertz CT molecular complexity index is 1410. The van der Waals surface area contributed by atoms with Crippen LogP contribution < -0.4 is 10.1 Å². The van der Waals surface area contributed by atoms with E-state index in [9.17, 15) is 10.1 Å².